The molecule has 4 nitrogen and oxygen atoms in total. The summed E-state index contributed by atoms with van der Waals surface area (Å²) in [4.78, 5) is 16.7. The Labute approximate surface area is 121 Å². The van der Waals surface area contributed by atoms with Crippen LogP contribution < -0.4 is 5.73 Å². The molecule has 20 heavy (non-hydrogen) atoms. The highest BCUT2D eigenvalue weighted by Crippen LogP contribution is 2.15. The fraction of sp³-hybridized carbons (Fsp3) is 0.562. The topological polar surface area (TPSA) is 49.6 Å². The number of piperazine rings is 1. The van der Waals surface area contributed by atoms with Crippen molar-refractivity contribution in [3.63, 3.8) is 0 Å². The van der Waals surface area contributed by atoms with Crippen LogP contribution in [0.15, 0.2) is 24.3 Å². The first-order valence-corrected chi connectivity index (χ1v) is 7.45. The van der Waals surface area contributed by atoms with E-state index in [9.17, 15) is 4.79 Å². The Balaban J connectivity index is 1.93. The largest absolute Gasteiger partial charge is 0.338 e. The van der Waals surface area contributed by atoms with Crippen molar-refractivity contribution >= 4 is 5.91 Å². The maximum absolute atomic E-state index is 12.4. The van der Waals surface area contributed by atoms with Gasteiger partial charge in [0.05, 0.1) is 0 Å². The highest BCUT2D eigenvalue weighted by atomic mass is 16.2. The lowest BCUT2D eigenvalue weighted by Crippen LogP contribution is -2.51. The molecule has 1 unspecified atom stereocenters. The minimum Gasteiger partial charge on any atom is -0.338 e. The van der Waals surface area contributed by atoms with Crippen LogP contribution in [0.1, 0.15) is 30.5 Å². The van der Waals surface area contributed by atoms with Crippen LogP contribution in [0.2, 0.25) is 0 Å². The molecule has 0 bridgehead atoms. The minimum absolute atomic E-state index is 0.0463. The molecule has 0 aromatic heterocycles. The average molecular weight is 275 g/mol. The number of aryl methyl sites for hydroxylation is 1. The lowest BCUT2D eigenvalue weighted by Gasteiger charge is -2.35. The molecule has 110 valence electrons. The molecule has 1 aliphatic rings. The molecule has 4 heteroatoms. The fourth-order valence-electron chi connectivity index (χ4n) is 2.62. The highest BCUT2D eigenvalue weighted by Gasteiger charge is 2.25. The highest BCUT2D eigenvalue weighted by molar-refractivity contribution is 5.83. The zero-order chi connectivity index (χ0) is 14.5. The van der Waals surface area contributed by atoms with Gasteiger partial charge in [-0.25, -0.2) is 0 Å². The van der Waals surface area contributed by atoms with Crippen molar-refractivity contribution in [3.8, 4) is 0 Å². The van der Waals surface area contributed by atoms with E-state index in [1.54, 1.807) is 0 Å². The first-order valence-electron chi connectivity index (χ1n) is 7.45. The molecule has 0 spiro atoms. The smallest absolute Gasteiger partial charge is 0.244 e. The van der Waals surface area contributed by atoms with Crippen molar-refractivity contribution in [2.24, 2.45) is 5.73 Å². The predicted octanol–water partition coefficient (Wildman–Crippen LogP) is 1.55. The summed E-state index contributed by atoms with van der Waals surface area (Å²) in [6.45, 7) is 8.83. The maximum atomic E-state index is 12.4. The molecule has 1 fully saturated rings. The Morgan fingerprint density at radius 1 is 1.20 bits per heavy atom. The number of hydrogen-bond acceptors (Lipinski definition) is 3. The van der Waals surface area contributed by atoms with Gasteiger partial charge >= 0.3 is 0 Å². The lowest BCUT2D eigenvalue weighted by atomic mass is 10.0. The normalized spacial score (nSPS) is 18.1. The number of carbonyl (C=O) groups excluding carboxylic acids is 1. The third-order valence-corrected chi connectivity index (χ3v) is 3.93. The molecule has 1 amide bonds. The summed E-state index contributed by atoms with van der Waals surface area (Å²) < 4.78 is 0. The van der Waals surface area contributed by atoms with Gasteiger partial charge in [0.2, 0.25) is 5.91 Å². The van der Waals surface area contributed by atoms with Gasteiger partial charge in [0.15, 0.2) is 0 Å². The van der Waals surface area contributed by atoms with Crippen LogP contribution in [0.4, 0.5) is 0 Å². The molecule has 2 rings (SSSR count). The second kappa shape index (κ2) is 6.86. The van der Waals surface area contributed by atoms with E-state index in [-0.39, 0.29) is 5.91 Å². The minimum atomic E-state index is -0.534. The molecule has 1 aliphatic heterocycles. The van der Waals surface area contributed by atoms with Crippen molar-refractivity contribution in [3.05, 3.63) is 35.4 Å². The summed E-state index contributed by atoms with van der Waals surface area (Å²) in [5, 5.41) is 0. The van der Waals surface area contributed by atoms with Crippen molar-refractivity contribution in [2.45, 2.75) is 26.3 Å². The van der Waals surface area contributed by atoms with Crippen LogP contribution in [0.5, 0.6) is 0 Å². The van der Waals surface area contributed by atoms with Crippen LogP contribution in [0, 0.1) is 6.92 Å². The van der Waals surface area contributed by atoms with Gasteiger partial charge in [0.25, 0.3) is 0 Å². The van der Waals surface area contributed by atoms with Crippen LogP contribution in [-0.4, -0.2) is 48.4 Å². The van der Waals surface area contributed by atoms with Gasteiger partial charge in [0.1, 0.15) is 6.04 Å². The molecule has 1 aromatic carbocycles. The zero-order valence-electron chi connectivity index (χ0n) is 12.5. The Hall–Kier alpha value is -1.39. The second-order valence-corrected chi connectivity index (χ2v) is 5.56. The van der Waals surface area contributed by atoms with Gasteiger partial charge in [-0.3, -0.25) is 9.69 Å². The Morgan fingerprint density at radius 3 is 2.35 bits per heavy atom. The number of hydrogen-bond donors (Lipinski definition) is 1. The first kappa shape index (κ1) is 15.0. The maximum Gasteiger partial charge on any atom is 0.244 e. The second-order valence-electron chi connectivity index (χ2n) is 5.56. The molecular formula is C16H25N3O. The number of amides is 1. The third-order valence-electron chi connectivity index (χ3n) is 3.93. The SMILES string of the molecule is CCCN1CCN(C(=O)C(N)c2ccc(C)cc2)CC1. The zero-order valence-corrected chi connectivity index (χ0v) is 12.5. The molecular weight excluding hydrogens is 250 g/mol. The van der Waals surface area contributed by atoms with E-state index in [4.69, 9.17) is 5.73 Å². The molecule has 1 atom stereocenters. The third kappa shape index (κ3) is 3.58. The van der Waals surface area contributed by atoms with E-state index >= 15 is 0 Å². The van der Waals surface area contributed by atoms with E-state index in [0.717, 1.165) is 44.7 Å². The van der Waals surface area contributed by atoms with Gasteiger partial charge in [0, 0.05) is 26.2 Å². The van der Waals surface area contributed by atoms with Crippen molar-refractivity contribution in [2.75, 3.05) is 32.7 Å². The molecule has 0 radical (unpaired) electrons. The van der Waals surface area contributed by atoms with Crippen molar-refractivity contribution < 1.29 is 4.79 Å². The summed E-state index contributed by atoms with van der Waals surface area (Å²) in [6, 6.07) is 7.37. The molecule has 1 aromatic rings. The molecule has 0 saturated carbocycles. The fourth-order valence-corrected chi connectivity index (χ4v) is 2.62. The monoisotopic (exact) mass is 275 g/mol. The summed E-state index contributed by atoms with van der Waals surface area (Å²) in [7, 11) is 0. The number of rotatable bonds is 4. The quantitative estimate of drug-likeness (QED) is 0.907. The summed E-state index contributed by atoms with van der Waals surface area (Å²) >= 11 is 0. The first-order chi connectivity index (χ1) is 9.61. The van der Waals surface area contributed by atoms with Gasteiger partial charge < -0.3 is 10.6 Å². The van der Waals surface area contributed by atoms with Gasteiger partial charge in [-0.15, -0.1) is 0 Å². The van der Waals surface area contributed by atoms with Crippen LogP contribution in [0.3, 0.4) is 0 Å². The lowest BCUT2D eigenvalue weighted by molar-refractivity contribution is -0.134. The standard InChI is InChI=1S/C16H25N3O/c1-3-8-18-9-11-19(12-10-18)16(20)15(17)14-6-4-13(2)5-7-14/h4-7,15H,3,8-12,17H2,1-2H3. The van der Waals surface area contributed by atoms with Crippen LogP contribution in [0.25, 0.3) is 0 Å². The summed E-state index contributed by atoms with van der Waals surface area (Å²) in [5.74, 6) is 0.0463. The Morgan fingerprint density at radius 2 is 1.80 bits per heavy atom. The van der Waals surface area contributed by atoms with Crippen molar-refractivity contribution in [1.29, 1.82) is 0 Å². The molecule has 1 heterocycles. The number of benzene rings is 1. The predicted molar refractivity (Wildman–Crippen MR) is 81.4 cm³/mol. The van der Waals surface area contributed by atoms with Crippen LogP contribution in [-0.2, 0) is 4.79 Å². The molecule has 1 saturated heterocycles. The van der Waals surface area contributed by atoms with Gasteiger partial charge in [-0.1, -0.05) is 36.8 Å². The van der Waals surface area contributed by atoms with E-state index in [1.165, 1.54) is 5.56 Å². The molecule has 2 N–H and O–H groups in total. The van der Waals surface area contributed by atoms with Crippen molar-refractivity contribution in [1.82, 2.24) is 9.80 Å². The number of nitrogens with two attached hydrogens (primary N) is 1. The molecule has 0 aliphatic carbocycles. The number of carbonyl (C=O) groups is 1. The van der Waals surface area contributed by atoms with E-state index in [1.807, 2.05) is 36.1 Å². The summed E-state index contributed by atoms with van der Waals surface area (Å²) in [5.41, 5.74) is 8.19. The summed E-state index contributed by atoms with van der Waals surface area (Å²) in [6.07, 6.45) is 1.16. The van der Waals surface area contributed by atoms with E-state index < -0.39 is 6.04 Å². The number of nitrogens with zero attached hydrogens (tertiary/aromatic N) is 2. The van der Waals surface area contributed by atoms with Crippen LogP contribution >= 0.6 is 0 Å². The Bertz CT molecular complexity index is 436. The average Bonchev–Trinajstić information content (AvgIpc) is 2.48. The van der Waals surface area contributed by atoms with E-state index in [2.05, 4.69) is 11.8 Å². The van der Waals surface area contributed by atoms with Gasteiger partial charge in [-0.05, 0) is 25.5 Å². The van der Waals surface area contributed by atoms with Gasteiger partial charge in [-0.2, -0.15) is 0 Å². The Kier molecular flexibility index (Phi) is 5.15. The van der Waals surface area contributed by atoms with E-state index in [0.29, 0.717) is 0 Å².